The molecule has 0 amide bonds. The Bertz CT molecular complexity index is 1120. The second kappa shape index (κ2) is 5.86. The molecule has 0 saturated heterocycles. The molecular weight excluding hydrogens is 330 g/mol. The molecule has 0 aliphatic carbocycles. The number of nitrogens with zero attached hydrogens (tertiary/aromatic N) is 4. The van der Waals surface area contributed by atoms with Crippen LogP contribution in [-0.2, 0) is 20.1 Å². The monoisotopic (exact) mass is 354 g/mol. The van der Waals surface area contributed by atoms with Crippen LogP contribution in [0.1, 0.15) is 19.4 Å². The highest BCUT2D eigenvalue weighted by atomic mass is 16.2. The van der Waals surface area contributed by atoms with Gasteiger partial charge in [0.2, 0.25) is 11.2 Å². The number of para-hydroxylation sites is 1. The molecule has 7 nitrogen and oxygen atoms in total. The van der Waals surface area contributed by atoms with Gasteiger partial charge in [0.15, 0.2) is 0 Å². The van der Waals surface area contributed by atoms with Gasteiger partial charge in [-0.05, 0) is 25.5 Å². The second-order valence-corrected chi connectivity index (χ2v) is 7.15. The third kappa shape index (κ3) is 2.23. The maximum absolute atomic E-state index is 13.0. The molecule has 3 aromatic rings. The summed E-state index contributed by atoms with van der Waals surface area (Å²) in [5.41, 5.74) is 2.90. The molecule has 3 heterocycles. The molecule has 0 radical (unpaired) electrons. The lowest BCUT2D eigenvalue weighted by Crippen LogP contribution is -2.52. The van der Waals surface area contributed by atoms with E-state index in [1.165, 1.54) is 14.7 Å². The highest BCUT2D eigenvalue weighted by Gasteiger charge is 2.36. The van der Waals surface area contributed by atoms with Crippen molar-refractivity contribution in [1.29, 1.82) is 0 Å². The average Bonchev–Trinajstić information content (AvgIpc) is 3.00. The van der Waals surface area contributed by atoms with Crippen molar-refractivity contribution >= 4 is 22.8 Å². The number of hydrogen-bond donors (Lipinski definition) is 1. The number of anilines is 2. The van der Waals surface area contributed by atoms with Gasteiger partial charge < -0.3 is 0 Å². The Morgan fingerprint density at radius 1 is 1.27 bits per heavy atom. The molecule has 7 heteroatoms. The van der Waals surface area contributed by atoms with E-state index < -0.39 is 0 Å². The van der Waals surface area contributed by atoms with Crippen molar-refractivity contribution in [3.63, 3.8) is 0 Å². The SMILES string of the molecule is CCn1c(=O)c2c([nH]c3[n+]2C[C@H](C)CN3c2ccccc2C)n(C)c1=O. The number of aromatic nitrogens is 4. The van der Waals surface area contributed by atoms with E-state index in [1.807, 2.05) is 23.6 Å². The molecule has 4 rings (SSSR count). The van der Waals surface area contributed by atoms with E-state index in [4.69, 9.17) is 0 Å². The number of hydrogen-bond acceptors (Lipinski definition) is 3. The van der Waals surface area contributed by atoms with Crippen LogP contribution >= 0.6 is 0 Å². The topological polar surface area (TPSA) is 66.9 Å². The normalized spacial score (nSPS) is 16.9. The van der Waals surface area contributed by atoms with E-state index in [0.717, 1.165) is 24.7 Å². The van der Waals surface area contributed by atoms with Crippen LogP contribution in [0.3, 0.4) is 0 Å². The summed E-state index contributed by atoms with van der Waals surface area (Å²) in [6, 6.07) is 8.22. The van der Waals surface area contributed by atoms with Gasteiger partial charge in [-0.3, -0.25) is 13.9 Å². The van der Waals surface area contributed by atoms with E-state index in [9.17, 15) is 9.59 Å². The Labute approximate surface area is 151 Å². The van der Waals surface area contributed by atoms with E-state index in [1.54, 1.807) is 7.05 Å². The molecule has 0 bridgehead atoms. The van der Waals surface area contributed by atoms with Gasteiger partial charge in [-0.1, -0.05) is 25.1 Å². The molecule has 2 aromatic heterocycles. The molecule has 1 aromatic carbocycles. The van der Waals surface area contributed by atoms with Crippen LogP contribution in [0.2, 0.25) is 0 Å². The molecule has 0 spiro atoms. The number of H-pyrrole nitrogens is 1. The number of benzene rings is 1. The summed E-state index contributed by atoms with van der Waals surface area (Å²) >= 11 is 0. The van der Waals surface area contributed by atoms with Gasteiger partial charge >= 0.3 is 11.6 Å². The summed E-state index contributed by atoms with van der Waals surface area (Å²) in [6.07, 6.45) is 0. The summed E-state index contributed by atoms with van der Waals surface area (Å²) in [5, 5.41) is 0. The van der Waals surface area contributed by atoms with Crippen LogP contribution in [0.25, 0.3) is 11.2 Å². The van der Waals surface area contributed by atoms with Crippen LogP contribution in [-0.4, -0.2) is 20.7 Å². The first kappa shape index (κ1) is 16.6. The largest absolute Gasteiger partial charge is 0.364 e. The minimum atomic E-state index is -0.292. The van der Waals surface area contributed by atoms with Gasteiger partial charge in [0.1, 0.15) is 5.69 Å². The average molecular weight is 354 g/mol. The van der Waals surface area contributed by atoms with Crippen molar-refractivity contribution in [3.8, 4) is 0 Å². The van der Waals surface area contributed by atoms with Crippen molar-refractivity contribution in [2.75, 3.05) is 11.4 Å². The summed E-state index contributed by atoms with van der Waals surface area (Å²) in [6.45, 7) is 8.05. The molecule has 136 valence electrons. The first-order valence-corrected chi connectivity index (χ1v) is 9.02. The molecule has 0 fully saturated rings. The number of aryl methyl sites for hydroxylation is 2. The lowest BCUT2D eigenvalue weighted by Gasteiger charge is -2.27. The number of nitrogens with one attached hydrogen (secondary N) is 1. The zero-order chi connectivity index (χ0) is 18.6. The predicted molar refractivity (Wildman–Crippen MR) is 101 cm³/mol. The molecule has 0 unspecified atom stereocenters. The Hall–Kier alpha value is -2.83. The quantitative estimate of drug-likeness (QED) is 0.708. The van der Waals surface area contributed by atoms with Crippen molar-refractivity contribution in [2.45, 2.75) is 33.9 Å². The number of aromatic amines is 1. The molecule has 1 aliphatic rings. The summed E-state index contributed by atoms with van der Waals surface area (Å²) in [7, 11) is 1.71. The minimum Gasteiger partial charge on any atom is -0.267 e. The Balaban J connectivity index is 2.07. The lowest BCUT2D eigenvalue weighted by molar-refractivity contribution is -0.669. The Kier molecular flexibility index (Phi) is 3.75. The highest BCUT2D eigenvalue weighted by Crippen LogP contribution is 2.30. The maximum atomic E-state index is 13.0. The zero-order valence-corrected chi connectivity index (χ0v) is 15.6. The minimum absolute atomic E-state index is 0.230. The van der Waals surface area contributed by atoms with Gasteiger partial charge in [-0.15, -0.1) is 0 Å². The zero-order valence-electron chi connectivity index (χ0n) is 15.6. The summed E-state index contributed by atoms with van der Waals surface area (Å²) in [4.78, 5) is 31.0. The molecular formula is C19H24N5O2+. The first-order chi connectivity index (χ1) is 12.4. The van der Waals surface area contributed by atoms with Crippen molar-refractivity contribution in [2.24, 2.45) is 13.0 Å². The van der Waals surface area contributed by atoms with Crippen molar-refractivity contribution in [3.05, 3.63) is 50.7 Å². The fourth-order valence-electron chi connectivity index (χ4n) is 3.93. The Morgan fingerprint density at radius 3 is 2.69 bits per heavy atom. The van der Waals surface area contributed by atoms with E-state index in [0.29, 0.717) is 23.6 Å². The third-order valence-electron chi connectivity index (χ3n) is 5.25. The fourth-order valence-corrected chi connectivity index (χ4v) is 3.93. The molecule has 26 heavy (non-hydrogen) atoms. The fraction of sp³-hybridized carbons (Fsp3) is 0.421. The van der Waals surface area contributed by atoms with Gasteiger partial charge in [0, 0.05) is 19.5 Å². The second-order valence-electron chi connectivity index (χ2n) is 7.15. The molecule has 1 atom stereocenters. The van der Waals surface area contributed by atoms with Gasteiger partial charge in [-0.25, -0.2) is 19.2 Å². The smallest absolute Gasteiger partial charge is 0.267 e. The maximum Gasteiger partial charge on any atom is 0.364 e. The van der Waals surface area contributed by atoms with Crippen LogP contribution in [0, 0.1) is 12.8 Å². The third-order valence-corrected chi connectivity index (χ3v) is 5.25. The van der Waals surface area contributed by atoms with E-state index in [2.05, 4.69) is 35.9 Å². The van der Waals surface area contributed by atoms with Crippen LogP contribution in [0.15, 0.2) is 33.9 Å². The van der Waals surface area contributed by atoms with Crippen molar-refractivity contribution in [1.82, 2.24) is 14.1 Å². The van der Waals surface area contributed by atoms with E-state index in [-0.39, 0.29) is 11.2 Å². The Morgan fingerprint density at radius 2 is 2.00 bits per heavy atom. The summed E-state index contributed by atoms with van der Waals surface area (Å²) in [5.74, 6) is 1.23. The van der Waals surface area contributed by atoms with Crippen LogP contribution in [0.4, 0.5) is 11.6 Å². The van der Waals surface area contributed by atoms with E-state index >= 15 is 0 Å². The lowest BCUT2D eigenvalue weighted by atomic mass is 10.1. The summed E-state index contributed by atoms with van der Waals surface area (Å²) < 4.78 is 4.86. The molecule has 1 aliphatic heterocycles. The van der Waals surface area contributed by atoms with Gasteiger partial charge in [0.05, 0.1) is 13.1 Å². The standard InChI is InChI=1S/C19H23N5O2/c1-5-22-17(25)15-16(21(4)19(22)26)20-18-23(10-12(2)11-24(15)18)14-9-7-6-8-13(14)3/h6-9,12H,5,10-11H2,1-4H3/p+1/t12-/m1/s1. The number of rotatable bonds is 2. The van der Waals surface area contributed by atoms with Crippen LogP contribution in [0.5, 0.6) is 0 Å². The number of imidazole rings is 1. The van der Waals surface area contributed by atoms with Crippen LogP contribution < -0.4 is 20.7 Å². The van der Waals surface area contributed by atoms with Crippen molar-refractivity contribution < 1.29 is 4.57 Å². The number of fused-ring (bicyclic) bond motifs is 3. The molecule has 1 N–H and O–H groups in total. The van der Waals surface area contributed by atoms with Gasteiger partial charge in [0.25, 0.3) is 5.56 Å². The van der Waals surface area contributed by atoms with Gasteiger partial charge in [-0.2, -0.15) is 0 Å². The molecule has 0 saturated carbocycles. The predicted octanol–water partition coefficient (Wildman–Crippen LogP) is 1.43. The first-order valence-electron chi connectivity index (χ1n) is 9.02. The highest BCUT2D eigenvalue weighted by molar-refractivity contribution is 5.71.